The maximum Gasteiger partial charge on any atom is 0.267 e. The van der Waals surface area contributed by atoms with Crippen LogP contribution in [0.15, 0.2) is 16.6 Å². The summed E-state index contributed by atoms with van der Waals surface area (Å²) < 4.78 is 0.776. The zero-order valence-corrected chi connectivity index (χ0v) is 13.4. The SMILES string of the molecule is Cc1cc(Br)c(NC(=O)c2sc(N)nc2C)cc1Cl. The molecule has 0 saturated heterocycles. The summed E-state index contributed by atoms with van der Waals surface area (Å²) in [5, 5.41) is 3.77. The molecule has 0 aliphatic carbocycles. The summed E-state index contributed by atoms with van der Waals surface area (Å²) in [6.07, 6.45) is 0. The van der Waals surface area contributed by atoms with Gasteiger partial charge in [0.2, 0.25) is 0 Å². The second kappa shape index (κ2) is 5.48. The van der Waals surface area contributed by atoms with Crippen molar-refractivity contribution in [2.45, 2.75) is 13.8 Å². The smallest absolute Gasteiger partial charge is 0.267 e. The highest BCUT2D eigenvalue weighted by Crippen LogP contribution is 2.30. The summed E-state index contributed by atoms with van der Waals surface area (Å²) in [6, 6.07) is 3.56. The molecule has 1 aromatic carbocycles. The van der Waals surface area contributed by atoms with Crippen LogP contribution in [0.25, 0.3) is 0 Å². The van der Waals surface area contributed by atoms with Gasteiger partial charge in [-0.05, 0) is 47.5 Å². The molecule has 1 amide bonds. The van der Waals surface area contributed by atoms with E-state index in [1.165, 1.54) is 0 Å². The lowest BCUT2D eigenvalue weighted by Crippen LogP contribution is -2.12. The lowest BCUT2D eigenvalue weighted by Gasteiger charge is -2.09. The van der Waals surface area contributed by atoms with Crippen molar-refractivity contribution in [1.29, 1.82) is 0 Å². The molecule has 2 aromatic rings. The van der Waals surface area contributed by atoms with Crippen molar-refractivity contribution in [3.05, 3.63) is 37.8 Å². The number of carbonyl (C=O) groups is 1. The normalized spacial score (nSPS) is 10.5. The first-order valence-corrected chi connectivity index (χ1v) is 7.37. The first kappa shape index (κ1) is 14.3. The quantitative estimate of drug-likeness (QED) is 0.850. The van der Waals surface area contributed by atoms with Crippen LogP contribution in [-0.2, 0) is 0 Å². The third-order valence-corrected chi connectivity index (χ3v) is 4.56. The molecule has 0 aliphatic rings. The number of thiazole rings is 1. The number of benzene rings is 1. The van der Waals surface area contributed by atoms with Gasteiger partial charge in [-0.3, -0.25) is 4.79 Å². The first-order valence-electron chi connectivity index (χ1n) is 5.38. The van der Waals surface area contributed by atoms with E-state index in [0.29, 0.717) is 26.4 Å². The number of anilines is 2. The largest absolute Gasteiger partial charge is 0.375 e. The van der Waals surface area contributed by atoms with Crippen molar-refractivity contribution >= 4 is 55.6 Å². The van der Waals surface area contributed by atoms with Crippen LogP contribution in [-0.4, -0.2) is 10.9 Å². The van der Waals surface area contributed by atoms with E-state index in [-0.39, 0.29) is 5.91 Å². The lowest BCUT2D eigenvalue weighted by atomic mass is 10.2. The molecular weight excluding hydrogens is 350 g/mol. The summed E-state index contributed by atoms with van der Waals surface area (Å²) in [5.74, 6) is -0.243. The molecule has 0 bridgehead atoms. The number of aromatic nitrogens is 1. The van der Waals surface area contributed by atoms with Crippen LogP contribution >= 0.6 is 38.9 Å². The molecule has 0 unspecified atom stereocenters. The number of aryl methyl sites for hydroxylation is 2. The third kappa shape index (κ3) is 3.08. The van der Waals surface area contributed by atoms with Gasteiger partial charge in [-0.25, -0.2) is 4.98 Å². The number of nitrogens with two attached hydrogens (primary N) is 1. The minimum atomic E-state index is -0.243. The molecule has 1 heterocycles. The van der Waals surface area contributed by atoms with Crippen LogP contribution in [0, 0.1) is 13.8 Å². The Hall–Kier alpha value is -1.11. The number of rotatable bonds is 2. The van der Waals surface area contributed by atoms with E-state index in [1.807, 2.05) is 13.0 Å². The Morgan fingerprint density at radius 1 is 1.47 bits per heavy atom. The molecule has 2 rings (SSSR count). The number of nitrogens with one attached hydrogen (secondary N) is 1. The molecule has 0 saturated carbocycles. The van der Waals surface area contributed by atoms with Gasteiger partial charge < -0.3 is 11.1 Å². The Labute approximate surface area is 128 Å². The van der Waals surface area contributed by atoms with E-state index in [4.69, 9.17) is 17.3 Å². The summed E-state index contributed by atoms with van der Waals surface area (Å²) in [6.45, 7) is 3.64. The molecule has 0 spiro atoms. The average molecular weight is 361 g/mol. The molecule has 0 fully saturated rings. The molecule has 0 aliphatic heterocycles. The number of nitrogens with zero attached hydrogens (tertiary/aromatic N) is 1. The first-order chi connectivity index (χ1) is 8.88. The van der Waals surface area contributed by atoms with Gasteiger partial charge in [-0.1, -0.05) is 22.9 Å². The predicted octanol–water partition coefficient (Wildman–Crippen LogP) is 4.01. The van der Waals surface area contributed by atoms with Crippen LogP contribution < -0.4 is 11.1 Å². The van der Waals surface area contributed by atoms with Crippen LogP contribution in [0.1, 0.15) is 20.9 Å². The van der Waals surface area contributed by atoms with Gasteiger partial charge in [-0.2, -0.15) is 0 Å². The van der Waals surface area contributed by atoms with E-state index < -0.39 is 0 Å². The van der Waals surface area contributed by atoms with E-state index in [1.54, 1.807) is 13.0 Å². The summed E-state index contributed by atoms with van der Waals surface area (Å²) in [5.41, 5.74) is 7.75. The fourth-order valence-electron chi connectivity index (χ4n) is 1.55. The van der Waals surface area contributed by atoms with Crippen molar-refractivity contribution in [2.75, 3.05) is 11.1 Å². The lowest BCUT2D eigenvalue weighted by molar-refractivity contribution is 0.102. The van der Waals surface area contributed by atoms with E-state index >= 15 is 0 Å². The number of carbonyl (C=O) groups excluding carboxylic acids is 1. The van der Waals surface area contributed by atoms with Crippen molar-refractivity contribution in [2.24, 2.45) is 0 Å². The minimum Gasteiger partial charge on any atom is -0.375 e. The zero-order valence-electron chi connectivity index (χ0n) is 10.3. The molecule has 0 atom stereocenters. The van der Waals surface area contributed by atoms with Crippen molar-refractivity contribution in [3.8, 4) is 0 Å². The minimum absolute atomic E-state index is 0.243. The molecular formula is C12H11BrClN3OS. The van der Waals surface area contributed by atoms with Crippen LogP contribution in [0.2, 0.25) is 5.02 Å². The molecule has 1 aromatic heterocycles. The van der Waals surface area contributed by atoms with Crippen molar-refractivity contribution in [1.82, 2.24) is 4.98 Å². The van der Waals surface area contributed by atoms with Gasteiger partial charge in [0, 0.05) is 9.50 Å². The van der Waals surface area contributed by atoms with Gasteiger partial charge >= 0.3 is 0 Å². The molecule has 7 heteroatoms. The topological polar surface area (TPSA) is 68.0 Å². The van der Waals surface area contributed by atoms with E-state index in [2.05, 4.69) is 26.2 Å². The van der Waals surface area contributed by atoms with Gasteiger partial charge in [0.25, 0.3) is 5.91 Å². The fraction of sp³-hybridized carbons (Fsp3) is 0.167. The number of nitrogen functional groups attached to an aromatic ring is 1. The molecule has 19 heavy (non-hydrogen) atoms. The van der Waals surface area contributed by atoms with Crippen LogP contribution in [0.4, 0.5) is 10.8 Å². The van der Waals surface area contributed by atoms with Crippen LogP contribution in [0.3, 0.4) is 0 Å². The fourth-order valence-corrected chi connectivity index (χ4v) is 3.00. The maximum atomic E-state index is 12.1. The van der Waals surface area contributed by atoms with E-state index in [9.17, 15) is 4.79 Å². The average Bonchev–Trinajstić information content (AvgIpc) is 2.65. The second-order valence-corrected chi connectivity index (χ2v) is 6.29. The number of amides is 1. The predicted molar refractivity (Wildman–Crippen MR) is 83.1 cm³/mol. The molecule has 4 nitrogen and oxygen atoms in total. The number of hydrogen-bond acceptors (Lipinski definition) is 4. The summed E-state index contributed by atoms with van der Waals surface area (Å²) in [7, 11) is 0. The monoisotopic (exact) mass is 359 g/mol. The molecule has 100 valence electrons. The van der Waals surface area contributed by atoms with Gasteiger partial charge in [0.15, 0.2) is 5.13 Å². The Morgan fingerprint density at radius 3 is 2.74 bits per heavy atom. The summed E-state index contributed by atoms with van der Waals surface area (Å²) in [4.78, 5) is 16.7. The highest BCUT2D eigenvalue weighted by Gasteiger charge is 2.16. The number of hydrogen-bond donors (Lipinski definition) is 2. The molecule has 3 N–H and O–H groups in total. The Balaban J connectivity index is 2.29. The highest BCUT2D eigenvalue weighted by molar-refractivity contribution is 9.10. The second-order valence-electron chi connectivity index (χ2n) is 4.00. The van der Waals surface area contributed by atoms with Gasteiger partial charge in [0.1, 0.15) is 4.88 Å². The van der Waals surface area contributed by atoms with E-state index in [0.717, 1.165) is 21.4 Å². The zero-order chi connectivity index (χ0) is 14.2. The Kier molecular flexibility index (Phi) is 4.13. The Morgan fingerprint density at radius 2 is 2.16 bits per heavy atom. The Bertz CT molecular complexity index is 657. The van der Waals surface area contributed by atoms with Crippen molar-refractivity contribution in [3.63, 3.8) is 0 Å². The highest BCUT2D eigenvalue weighted by atomic mass is 79.9. The van der Waals surface area contributed by atoms with Crippen molar-refractivity contribution < 1.29 is 4.79 Å². The van der Waals surface area contributed by atoms with Gasteiger partial charge in [0.05, 0.1) is 11.4 Å². The van der Waals surface area contributed by atoms with Crippen LogP contribution in [0.5, 0.6) is 0 Å². The summed E-state index contributed by atoms with van der Waals surface area (Å²) >= 11 is 10.6. The maximum absolute atomic E-state index is 12.1. The number of halogens is 2. The third-order valence-electron chi connectivity index (χ3n) is 2.52. The standard InChI is InChI=1S/C12H11BrClN3OS/c1-5-3-7(13)9(4-8(5)14)17-11(18)10-6(2)16-12(15)19-10/h3-4H,1-2H3,(H2,15,16)(H,17,18). The van der Waals surface area contributed by atoms with Gasteiger partial charge in [-0.15, -0.1) is 0 Å². The molecule has 0 radical (unpaired) electrons.